The third-order valence-corrected chi connectivity index (χ3v) is 7.55. The van der Waals surface area contributed by atoms with Crippen LogP contribution in [-0.2, 0) is 27.3 Å². The number of halogens is 1. The van der Waals surface area contributed by atoms with Gasteiger partial charge in [0, 0.05) is 35.2 Å². The van der Waals surface area contributed by atoms with E-state index < -0.39 is 11.9 Å². The molecule has 8 nitrogen and oxygen atoms in total. The zero-order chi connectivity index (χ0) is 30.2. The molecular weight excluding hydrogens is 556 g/mol. The molecule has 1 aliphatic rings. The summed E-state index contributed by atoms with van der Waals surface area (Å²) in [7, 11) is 3.17. The minimum absolute atomic E-state index is 0.0996. The number of allylic oxidation sites excluding steroid dienone is 1. The second-order valence-corrected chi connectivity index (χ2v) is 10.3. The van der Waals surface area contributed by atoms with Crippen molar-refractivity contribution in [1.82, 2.24) is 10.2 Å². The Morgan fingerprint density at radius 3 is 2.26 bits per heavy atom. The van der Waals surface area contributed by atoms with Crippen molar-refractivity contribution in [3.05, 3.63) is 105 Å². The van der Waals surface area contributed by atoms with Gasteiger partial charge in [0.1, 0.15) is 0 Å². The molecule has 1 unspecified atom stereocenters. The average molecular weight is 591 g/mol. The summed E-state index contributed by atoms with van der Waals surface area (Å²) in [6.07, 6.45) is 0.764. The Labute approximate surface area is 251 Å². The Morgan fingerprint density at radius 2 is 1.62 bits per heavy atom. The normalized spacial score (nSPS) is 14.9. The third kappa shape index (κ3) is 7.12. The second kappa shape index (κ2) is 14.0. The fraction of sp³-hybridized carbons (Fsp3) is 0.303. The fourth-order valence-corrected chi connectivity index (χ4v) is 5.19. The van der Waals surface area contributed by atoms with Crippen molar-refractivity contribution < 1.29 is 28.6 Å². The Bertz CT molecular complexity index is 1470. The highest BCUT2D eigenvalue weighted by Gasteiger charge is 2.36. The maximum atomic E-state index is 13.3. The first-order chi connectivity index (χ1) is 20.2. The lowest BCUT2D eigenvalue weighted by atomic mass is 9.83. The van der Waals surface area contributed by atoms with Crippen LogP contribution >= 0.6 is 11.6 Å². The number of ether oxygens (including phenoxy) is 3. The zero-order valence-corrected chi connectivity index (χ0v) is 25.0. The Balaban J connectivity index is 1.43. The second-order valence-electron chi connectivity index (χ2n) is 9.90. The SMILES string of the molecule is CCOC(=O)C1=C(C)N(Cc2ccc(C(=O)NCCc3ccc(OC)c(OC)c3)cc2)C(=O)CC1c1ccc(Cl)cc1. The molecule has 2 amide bonds. The molecule has 0 fully saturated rings. The molecule has 9 heteroatoms. The van der Waals surface area contributed by atoms with Gasteiger partial charge in [-0.3, -0.25) is 9.59 Å². The Hall–Kier alpha value is -4.30. The molecule has 0 spiro atoms. The highest BCUT2D eigenvalue weighted by Crippen LogP contribution is 2.38. The summed E-state index contributed by atoms with van der Waals surface area (Å²) < 4.78 is 16.0. The number of methoxy groups -OCH3 is 2. The highest BCUT2D eigenvalue weighted by atomic mass is 35.5. The first-order valence-corrected chi connectivity index (χ1v) is 14.1. The molecule has 1 N–H and O–H groups in total. The summed E-state index contributed by atoms with van der Waals surface area (Å²) in [5, 5.41) is 3.52. The molecule has 0 radical (unpaired) electrons. The molecule has 1 atom stereocenters. The number of carbonyl (C=O) groups is 3. The van der Waals surface area contributed by atoms with Crippen LogP contribution in [0.4, 0.5) is 0 Å². The molecule has 0 saturated heterocycles. The van der Waals surface area contributed by atoms with Gasteiger partial charge in [0.05, 0.1) is 32.9 Å². The van der Waals surface area contributed by atoms with Gasteiger partial charge in [-0.1, -0.05) is 41.9 Å². The highest BCUT2D eigenvalue weighted by molar-refractivity contribution is 6.30. The molecule has 0 bridgehead atoms. The van der Waals surface area contributed by atoms with Gasteiger partial charge in [-0.15, -0.1) is 0 Å². The topological polar surface area (TPSA) is 94.2 Å². The smallest absolute Gasteiger partial charge is 0.336 e. The quantitative estimate of drug-likeness (QED) is 0.289. The third-order valence-electron chi connectivity index (χ3n) is 7.29. The predicted octanol–water partition coefficient (Wildman–Crippen LogP) is 5.68. The van der Waals surface area contributed by atoms with Gasteiger partial charge >= 0.3 is 5.97 Å². The maximum absolute atomic E-state index is 13.3. The largest absolute Gasteiger partial charge is 0.493 e. The Kier molecular flexibility index (Phi) is 10.3. The number of nitrogens with one attached hydrogen (secondary N) is 1. The number of carbonyl (C=O) groups excluding carboxylic acids is 3. The lowest BCUT2D eigenvalue weighted by molar-refractivity contribution is -0.140. The first kappa shape index (κ1) is 30.7. The summed E-state index contributed by atoms with van der Waals surface area (Å²) in [5.41, 5.74) is 4.21. The minimum Gasteiger partial charge on any atom is -0.493 e. The van der Waals surface area contributed by atoms with E-state index in [1.165, 1.54) is 0 Å². The molecule has 1 heterocycles. The summed E-state index contributed by atoms with van der Waals surface area (Å²) in [6, 6.07) is 19.9. The average Bonchev–Trinajstić information content (AvgIpc) is 2.99. The van der Waals surface area contributed by atoms with Crippen LogP contribution in [0.5, 0.6) is 11.5 Å². The van der Waals surface area contributed by atoms with Crippen molar-refractivity contribution >= 4 is 29.4 Å². The van der Waals surface area contributed by atoms with Crippen molar-refractivity contribution in [3.63, 3.8) is 0 Å². The summed E-state index contributed by atoms with van der Waals surface area (Å²) in [4.78, 5) is 40.7. The predicted molar refractivity (Wildman–Crippen MR) is 161 cm³/mol. The van der Waals surface area contributed by atoms with E-state index in [0.717, 1.165) is 16.7 Å². The van der Waals surface area contributed by atoms with E-state index in [1.54, 1.807) is 57.2 Å². The summed E-state index contributed by atoms with van der Waals surface area (Å²) >= 11 is 6.06. The van der Waals surface area contributed by atoms with Crippen LogP contribution in [0.1, 0.15) is 53.2 Å². The zero-order valence-electron chi connectivity index (χ0n) is 24.2. The number of rotatable bonds is 11. The van der Waals surface area contributed by atoms with Crippen molar-refractivity contribution in [3.8, 4) is 11.5 Å². The first-order valence-electron chi connectivity index (χ1n) is 13.8. The number of nitrogens with zero attached hydrogens (tertiary/aromatic N) is 1. The van der Waals surface area contributed by atoms with Crippen molar-refractivity contribution in [2.45, 2.75) is 39.2 Å². The van der Waals surface area contributed by atoms with E-state index in [2.05, 4.69) is 5.32 Å². The van der Waals surface area contributed by atoms with Crippen LogP contribution in [0.15, 0.2) is 78.0 Å². The summed E-state index contributed by atoms with van der Waals surface area (Å²) in [6.45, 7) is 4.47. The fourth-order valence-electron chi connectivity index (χ4n) is 5.06. The molecule has 3 aromatic rings. The van der Waals surface area contributed by atoms with Crippen LogP contribution in [-0.4, -0.2) is 50.1 Å². The van der Waals surface area contributed by atoms with E-state index in [-0.39, 0.29) is 31.4 Å². The maximum Gasteiger partial charge on any atom is 0.336 e. The molecular formula is C33H35ClN2O6. The van der Waals surface area contributed by atoms with Crippen molar-refractivity contribution in [1.29, 1.82) is 0 Å². The van der Waals surface area contributed by atoms with Gasteiger partial charge in [0.25, 0.3) is 5.91 Å². The minimum atomic E-state index is -0.437. The van der Waals surface area contributed by atoms with Crippen LogP contribution in [0.25, 0.3) is 0 Å². The number of benzene rings is 3. The standard InChI is InChI=1S/C33H35ClN2O6/c1-5-42-33(39)31-21(2)36(30(37)19-27(31)24-11-13-26(34)14-12-24)20-23-6-9-25(10-7-23)32(38)35-17-16-22-8-15-28(40-3)29(18-22)41-4/h6-15,18,27H,5,16-17,19-20H2,1-4H3,(H,35,38). The van der Waals surface area contributed by atoms with E-state index in [0.29, 0.717) is 46.3 Å². The summed E-state index contributed by atoms with van der Waals surface area (Å²) in [5.74, 6) is 0.146. The lowest BCUT2D eigenvalue weighted by Crippen LogP contribution is -2.38. The van der Waals surface area contributed by atoms with Gasteiger partial charge in [-0.25, -0.2) is 4.79 Å². The number of esters is 1. The van der Waals surface area contributed by atoms with Crippen LogP contribution < -0.4 is 14.8 Å². The molecule has 1 aliphatic heterocycles. The molecule has 220 valence electrons. The molecule has 0 aromatic heterocycles. The van der Waals surface area contributed by atoms with Crippen LogP contribution in [0.2, 0.25) is 5.02 Å². The lowest BCUT2D eigenvalue weighted by Gasteiger charge is -2.34. The van der Waals surface area contributed by atoms with Crippen LogP contribution in [0.3, 0.4) is 0 Å². The van der Waals surface area contributed by atoms with E-state index in [1.807, 2.05) is 42.5 Å². The number of hydrogen-bond donors (Lipinski definition) is 1. The van der Waals surface area contributed by atoms with Gasteiger partial charge in [-0.2, -0.15) is 0 Å². The van der Waals surface area contributed by atoms with E-state index in [4.69, 9.17) is 25.8 Å². The molecule has 42 heavy (non-hydrogen) atoms. The number of hydrogen-bond acceptors (Lipinski definition) is 6. The van der Waals surface area contributed by atoms with Gasteiger partial charge in [0.2, 0.25) is 5.91 Å². The molecule has 0 aliphatic carbocycles. The van der Waals surface area contributed by atoms with Gasteiger partial charge in [0.15, 0.2) is 11.5 Å². The van der Waals surface area contributed by atoms with Gasteiger partial charge in [-0.05, 0) is 73.4 Å². The monoisotopic (exact) mass is 590 g/mol. The van der Waals surface area contributed by atoms with Crippen LogP contribution in [0, 0.1) is 0 Å². The molecule has 0 saturated carbocycles. The van der Waals surface area contributed by atoms with Crippen molar-refractivity contribution in [2.75, 3.05) is 27.4 Å². The van der Waals surface area contributed by atoms with Crippen molar-refractivity contribution in [2.24, 2.45) is 0 Å². The van der Waals surface area contributed by atoms with E-state index >= 15 is 0 Å². The van der Waals surface area contributed by atoms with E-state index in [9.17, 15) is 14.4 Å². The Morgan fingerprint density at radius 1 is 0.952 bits per heavy atom. The van der Waals surface area contributed by atoms with Gasteiger partial charge < -0.3 is 24.4 Å². The molecule has 3 aromatic carbocycles. The molecule has 4 rings (SSSR count). The number of amides is 2.